The molecule has 34 heavy (non-hydrogen) atoms. The maximum atomic E-state index is 12.7. The molecule has 0 aliphatic rings. The first-order valence-electron chi connectivity index (χ1n) is 10.8. The van der Waals surface area contributed by atoms with Gasteiger partial charge in [0.1, 0.15) is 18.1 Å². The van der Waals surface area contributed by atoms with Crippen molar-refractivity contribution in [3.05, 3.63) is 88.7 Å². The van der Waals surface area contributed by atoms with E-state index in [1.807, 2.05) is 51.1 Å². The fourth-order valence-corrected chi connectivity index (χ4v) is 3.04. The topological polar surface area (TPSA) is 112 Å². The van der Waals surface area contributed by atoms with E-state index in [0.29, 0.717) is 23.2 Å². The third-order valence-corrected chi connectivity index (χ3v) is 4.88. The number of amides is 1. The number of benzene rings is 2. The highest BCUT2D eigenvalue weighted by Crippen LogP contribution is 2.24. The van der Waals surface area contributed by atoms with Crippen molar-refractivity contribution >= 4 is 11.6 Å². The van der Waals surface area contributed by atoms with Crippen molar-refractivity contribution < 1.29 is 14.1 Å². The summed E-state index contributed by atoms with van der Waals surface area (Å²) in [5.41, 5.74) is 0.905. The van der Waals surface area contributed by atoms with Crippen LogP contribution in [0.4, 0.5) is 5.69 Å². The zero-order chi connectivity index (χ0) is 24.1. The molecule has 0 unspecified atom stereocenters. The van der Waals surface area contributed by atoms with Gasteiger partial charge in [-0.1, -0.05) is 44.1 Å². The minimum absolute atomic E-state index is 0.122. The number of para-hydroxylation sites is 1. The van der Waals surface area contributed by atoms with E-state index in [0.717, 1.165) is 5.56 Å². The van der Waals surface area contributed by atoms with Gasteiger partial charge in [0.15, 0.2) is 0 Å². The molecule has 2 aromatic heterocycles. The normalized spacial score (nSPS) is 11.3. The third-order valence-electron chi connectivity index (χ3n) is 4.88. The number of anilines is 1. The van der Waals surface area contributed by atoms with Gasteiger partial charge in [0.05, 0.1) is 6.54 Å². The second-order valence-electron chi connectivity index (χ2n) is 8.65. The van der Waals surface area contributed by atoms with E-state index in [2.05, 4.69) is 20.6 Å². The molecule has 0 bridgehead atoms. The SMILES string of the molecule is CC(C)(C)c1nc(-c2ccc(NC(=O)c3ccc(=O)n(CCOc4ccccc4)n3)cc2)no1. The van der Waals surface area contributed by atoms with E-state index in [-0.39, 0.29) is 29.8 Å². The van der Waals surface area contributed by atoms with Crippen LogP contribution in [0.15, 0.2) is 76.0 Å². The standard InChI is InChI=1S/C25H25N5O4/c1-25(2,3)24-27-22(29-34-24)17-9-11-18(12-10-17)26-23(32)20-13-14-21(31)30(28-20)15-16-33-19-7-5-4-6-8-19/h4-14H,15-16H2,1-3H3,(H,26,32). The second kappa shape index (κ2) is 9.70. The Morgan fingerprint density at radius 2 is 1.76 bits per heavy atom. The Morgan fingerprint density at radius 3 is 2.44 bits per heavy atom. The smallest absolute Gasteiger partial charge is 0.276 e. The average Bonchev–Trinajstić information content (AvgIpc) is 3.32. The highest BCUT2D eigenvalue weighted by molar-refractivity contribution is 6.02. The fraction of sp³-hybridized carbons (Fsp3) is 0.240. The van der Waals surface area contributed by atoms with Crippen LogP contribution in [0.1, 0.15) is 37.2 Å². The largest absolute Gasteiger partial charge is 0.492 e. The molecule has 9 heteroatoms. The molecule has 174 valence electrons. The van der Waals surface area contributed by atoms with E-state index >= 15 is 0 Å². The van der Waals surface area contributed by atoms with Crippen molar-refractivity contribution in [2.24, 2.45) is 0 Å². The Kier molecular flexibility index (Phi) is 6.53. The molecule has 1 amide bonds. The van der Waals surface area contributed by atoms with Crippen molar-refractivity contribution in [2.45, 2.75) is 32.7 Å². The van der Waals surface area contributed by atoms with Gasteiger partial charge in [-0.15, -0.1) is 0 Å². The molecule has 0 aliphatic heterocycles. The molecule has 0 aliphatic carbocycles. The molecule has 0 spiro atoms. The first-order chi connectivity index (χ1) is 16.3. The number of carbonyl (C=O) groups excluding carboxylic acids is 1. The maximum absolute atomic E-state index is 12.7. The number of hydrogen-bond acceptors (Lipinski definition) is 7. The highest BCUT2D eigenvalue weighted by atomic mass is 16.5. The van der Waals surface area contributed by atoms with Crippen LogP contribution in [0.2, 0.25) is 0 Å². The molecular formula is C25H25N5O4. The average molecular weight is 460 g/mol. The summed E-state index contributed by atoms with van der Waals surface area (Å²) in [7, 11) is 0. The number of hydrogen-bond donors (Lipinski definition) is 1. The molecule has 4 aromatic rings. The number of carbonyl (C=O) groups is 1. The van der Waals surface area contributed by atoms with Crippen molar-refractivity contribution in [1.82, 2.24) is 19.9 Å². The van der Waals surface area contributed by atoms with Gasteiger partial charge in [0.25, 0.3) is 11.5 Å². The third kappa shape index (κ3) is 5.55. The zero-order valence-electron chi connectivity index (χ0n) is 19.2. The van der Waals surface area contributed by atoms with Gasteiger partial charge >= 0.3 is 0 Å². The Labute approximate surface area is 196 Å². The van der Waals surface area contributed by atoms with Gasteiger partial charge in [-0.3, -0.25) is 9.59 Å². The van der Waals surface area contributed by atoms with Crippen LogP contribution in [0.25, 0.3) is 11.4 Å². The van der Waals surface area contributed by atoms with E-state index in [9.17, 15) is 9.59 Å². The zero-order valence-corrected chi connectivity index (χ0v) is 19.2. The summed E-state index contributed by atoms with van der Waals surface area (Å²) in [6, 6.07) is 19.1. The maximum Gasteiger partial charge on any atom is 0.276 e. The van der Waals surface area contributed by atoms with Crippen LogP contribution in [-0.2, 0) is 12.0 Å². The van der Waals surface area contributed by atoms with E-state index < -0.39 is 5.91 Å². The quantitative estimate of drug-likeness (QED) is 0.446. The molecule has 0 atom stereocenters. The molecule has 0 radical (unpaired) electrons. The van der Waals surface area contributed by atoms with Crippen LogP contribution in [0.3, 0.4) is 0 Å². The first-order valence-corrected chi connectivity index (χ1v) is 10.8. The van der Waals surface area contributed by atoms with E-state index in [1.54, 1.807) is 24.3 Å². The Morgan fingerprint density at radius 1 is 1.03 bits per heavy atom. The van der Waals surface area contributed by atoms with Crippen LogP contribution in [0, 0.1) is 0 Å². The summed E-state index contributed by atoms with van der Waals surface area (Å²) in [6.45, 7) is 6.45. The Hall–Kier alpha value is -4.27. The monoisotopic (exact) mass is 459 g/mol. The lowest BCUT2D eigenvalue weighted by Gasteiger charge is -2.10. The van der Waals surface area contributed by atoms with Crippen LogP contribution in [0.5, 0.6) is 5.75 Å². The highest BCUT2D eigenvalue weighted by Gasteiger charge is 2.22. The number of aromatic nitrogens is 4. The predicted molar refractivity (Wildman–Crippen MR) is 127 cm³/mol. The molecule has 0 saturated heterocycles. The second-order valence-corrected chi connectivity index (χ2v) is 8.65. The van der Waals surface area contributed by atoms with Gasteiger partial charge in [-0.2, -0.15) is 10.1 Å². The molecule has 2 heterocycles. The van der Waals surface area contributed by atoms with Gasteiger partial charge in [0, 0.05) is 22.7 Å². The molecule has 4 rings (SSSR count). The van der Waals surface area contributed by atoms with Gasteiger partial charge in [-0.05, 0) is 42.5 Å². The lowest BCUT2D eigenvalue weighted by Crippen LogP contribution is -2.28. The Balaban J connectivity index is 1.40. The minimum atomic E-state index is -0.431. The lowest BCUT2D eigenvalue weighted by molar-refractivity contribution is 0.101. The molecule has 0 saturated carbocycles. The Bertz CT molecular complexity index is 1320. The van der Waals surface area contributed by atoms with Gasteiger partial charge in [-0.25, -0.2) is 4.68 Å². The number of nitrogens with one attached hydrogen (secondary N) is 1. The first kappa shape index (κ1) is 22.9. The predicted octanol–water partition coefficient (Wildman–Crippen LogP) is 3.92. The molecule has 2 aromatic carbocycles. The fourth-order valence-electron chi connectivity index (χ4n) is 3.04. The summed E-state index contributed by atoms with van der Waals surface area (Å²) in [5, 5.41) is 11.0. The number of nitrogens with zero attached hydrogens (tertiary/aromatic N) is 4. The van der Waals surface area contributed by atoms with Gasteiger partial charge in [0.2, 0.25) is 11.7 Å². The van der Waals surface area contributed by atoms with E-state index in [4.69, 9.17) is 9.26 Å². The summed E-state index contributed by atoms with van der Waals surface area (Å²) in [4.78, 5) is 29.2. The number of rotatable bonds is 7. The van der Waals surface area contributed by atoms with Crippen molar-refractivity contribution in [2.75, 3.05) is 11.9 Å². The van der Waals surface area contributed by atoms with Gasteiger partial charge < -0.3 is 14.6 Å². The van der Waals surface area contributed by atoms with Crippen molar-refractivity contribution in [3.8, 4) is 17.1 Å². The molecule has 1 N–H and O–H groups in total. The van der Waals surface area contributed by atoms with Crippen LogP contribution in [-0.4, -0.2) is 32.4 Å². The lowest BCUT2D eigenvalue weighted by atomic mass is 9.97. The van der Waals surface area contributed by atoms with E-state index in [1.165, 1.54) is 16.8 Å². The summed E-state index contributed by atoms with van der Waals surface area (Å²) < 4.78 is 12.2. The van der Waals surface area contributed by atoms with Crippen LogP contribution < -0.4 is 15.6 Å². The molecule has 0 fully saturated rings. The van der Waals surface area contributed by atoms with Crippen molar-refractivity contribution in [1.29, 1.82) is 0 Å². The summed E-state index contributed by atoms with van der Waals surface area (Å²) >= 11 is 0. The number of ether oxygens (including phenoxy) is 1. The molecular weight excluding hydrogens is 434 g/mol. The minimum Gasteiger partial charge on any atom is -0.492 e. The summed E-state index contributed by atoms with van der Waals surface area (Å²) in [5.74, 6) is 1.30. The van der Waals surface area contributed by atoms with Crippen LogP contribution >= 0.6 is 0 Å². The molecule has 9 nitrogen and oxygen atoms in total. The van der Waals surface area contributed by atoms with Crippen molar-refractivity contribution in [3.63, 3.8) is 0 Å². The summed E-state index contributed by atoms with van der Waals surface area (Å²) in [6.07, 6.45) is 0.